The number of benzene rings is 1. The Kier molecular flexibility index (Phi) is 7.61. The molecule has 0 bridgehead atoms. The lowest BCUT2D eigenvalue weighted by Gasteiger charge is -2.32. The number of hydrogen-bond donors (Lipinski definition) is 1. The quantitative estimate of drug-likeness (QED) is 0.707. The maximum atomic E-state index is 5.76. The van der Waals surface area contributed by atoms with E-state index in [0.717, 1.165) is 37.8 Å². The van der Waals surface area contributed by atoms with Gasteiger partial charge in [0.05, 0.1) is 6.61 Å². The van der Waals surface area contributed by atoms with E-state index in [1.165, 1.54) is 38.9 Å². The van der Waals surface area contributed by atoms with Gasteiger partial charge in [0.15, 0.2) is 0 Å². The second-order valence-electron chi connectivity index (χ2n) is 6.03. The van der Waals surface area contributed by atoms with Crippen LogP contribution in [0.15, 0.2) is 30.3 Å². The standard InChI is InChI=1S/C18H30N2O/c1-2-11-19-15-17-8-6-12-20(16-17)13-7-14-21-18-9-4-3-5-10-18/h3-5,9-10,17,19H,2,6-8,11-16H2,1H3. The van der Waals surface area contributed by atoms with Gasteiger partial charge >= 0.3 is 0 Å². The molecule has 2 rings (SSSR count). The molecular formula is C18H30N2O. The molecule has 1 heterocycles. The van der Waals surface area contributed by atoms with Crippen LogP contribution in [0.5, 0.6) is 5.75 Å². The van der Waals surface area contributed by atoms with Gasteiger partial charge in [0.2, 0.25) is 0 Å². The SMILES string of the molecule is CCCNCC1CCCN(CCCOc2ccccc2)C1. The minimum Gasteiger partial charge on any atom is -0.494 e. The van der Waals surface area contributed by atoms with Crippen LogP contribution in [0.25, 0.3) is 0 Å². The largest absolute Gasteiger partial charge is 0.494 e. The number of hydrogen-bond acceptors (Lipinski definition) is 3. The molecule has 0 aliphatic carbocycles. The number of nitrogens with one attached hydrogen (secondary N) is 1. The lowest BCUT2D eigenvalue weighted by Crippen LogP contribution is -2.40. The number of para-hydroxylation sites is 1. The summed E-state index contributed by atoms with van der Waals surface area (Å²) >= 11 is 0. The Balaban J connectivity index is 1.57. The predicted octanol–water partition coefficient (Wildman–Crippen LogP) is 3.17. The lowest BCUT2D eigenvalue weighted by atomic mass is 9.98. The molecule has 1 fully saturated rings. The van der Waals surface area contributed by atoms with Crippen LogP contribution in [0.3, 0.4) is 0 Å². The van der Waals surface area contributed by atoms with E-state index in [0.29, 0.717) is 0 Å². The molecule has 1 unspecified atom stereocenters. The van der Waals surface area contributed by atoms with Crippen LogP contribution >= 0.6 is 0 Å². The Bertz CT molecular complexity index is 369. The van der Waals surface area contributed by atoms with Gasteiger partial charge in [0.25, 0.3) is 0 Å². The zero-order valence-corrected chi connectivity index (χ0v) is 13.4. The van der Waals surface area contributed by atoms with Crippen molar-refractivity contribution >= 4 is 0 Å². The first kappa shape index (κ1) is 16.3. The molecule has 0 saturated carbocycles. The molecule has 1 aliphatic rings. The average molecular weight is 290 g/mol. The fraction of sp³-hybridized carbons (Fsp3) is 0.667. The molecule has 0 aromatic heterocycles. The van der Waals surface area contributed by atoms with E-state index in [1.807, 2.05) is 30.3 Å². The monoisotopic (exact) mass is 290 g/mol. The summed E-state index contributed by atoms with van der Waals surface area (Å²) in [5.74, 6) is 1.82. The summed E-state index contributed by atoms with van der Waals surface area (Å²) in [6.07, 6.45) is 5.07. The van der Waals surface area contributed by atoms with Crippen LogP contribution in [-0.2, 0) is 0 Å². The number of piperidine rings is 1. The Morgan fingerprint density at radius 2 is 2.14 bits per heavy atom. The zero-order valence-electron chi connectivity index (χ0n) is 13.4. The van der Waals surface area contributed by atoms with E-state index in [9.17, 15) is 0 Å². The minimum absolute atomic E-state index is 0.819. The second-order valence-corrected chi connectivity index (χ2v) is 6.03. The zero-order chi connectivity index (χ0) is 14.8. The molecule has 1 aliphatic heterocycles. The van der Waals surface area contributed by atoms with Gasteiger partial charge in [-0.1, -0.05) is 25.1 Å². The van der Waals surface area contributed by atoms with Gasteiger partial charge < -0.3 is 15.0 Å². The summed E-state index contributed by atoms with van der Waals surface area (Å²) < 4.78 is 5.76. The van der Waals surface area contributed by atoms with Gasteiger partial charge in [-0.05, 0) is 63.4 Å². The lowest BCUT2D eigenvalue weighted by molar-refractivity contribution is 0.160. The van der Waals surface area contributed by atoms with Gasteiger partial charge in [-0.25, -0.2) is 0 Å². The first-order valence-corrected chi connectivity index (χ1v) is 8.49. The van der Waals surface area contributed by atoms with Crippen LogP contribution in [0.4, 0.5) is 0 Å². The summed E-state index contributed by atoms with van der Waals surface area (Å²) in [6, 6.07) is 10.1. The molecule has 21 heavy (non-hydrogen) atoms. The molecule has 1 atom stereocenters. The van der Waals surface area contributed by atoms with Crippen LogP contribution in [0.2, 0.25) is 0 Å². The molecule has 0 spiro atoms. The molecule has 0 amide bonds. The maximum Gasteiger partial charge on any atom is 0.119 e. The molecule has 1 aromatic rings. The van der Waals surface area contributed by atoms with Crippen LogP contribution in [0.1, 0.15) is 32.6 Å². The van der Waals surface area contributed by atoms with Crippen molar-refractivity contribution in [3.8, 4) is 5.75 Å². The summed E-state index contributed by atoms with van der Waals surface area (Å²) in [6.45, 7) is 9.06. The number of nitrogens with zero attached hydrogens (tertiary/aromatic N) is 1. The molecular weight excluding hydrogens is 260 g/mol. The van der Waals surface area contributed by atoms with Gasteiger partial charge in [-0.15, -0.1) is 0 Å². The third kappa shape index (κ3) is 6.49. The number of rotatable bonds is 9. The Morgan fingerprint density at radius 1 is 1.29 bits per heavy atom. The molecule has 3 heteroatoms. The Hall–Kier alpha value is -1.06. The van der Waals surface area contributed by atoms with Crippen molar-refractivity contribution in [1.29, 1.82) is 0 Å². The van der Waals surface area contributed by atoms with Crippen molar-refractivity contribution in [3.05, 3.63) is 30.3 Å². The normalized spacial score (nSPS) is 19.6. The topological polar surface area (TPSA) is 24.5 Å². The van der Waals surface area contributed by atoms with Crippen molar-refractivity contribution in [1.82, 2.24) is 10.2 Å². The number of ether oxygens (including phenoxy) is 1. The second kappa shape index (κ2) is 9.80. The molecule has 118 valence electrons. The molecule has 1 N–H and O–H groups in total. The van der Waals surface area contributed by atoms with Crippen LogP contribution in [-0.4, -0.2) is 44.2 Å². The highest BCUT2D eigenvalue weighted by atomic mass is 16.5. The summed E-state index contributed by atoms with van der Waals surface area (Å²) in [5, 5.41) is 3.56. The third-order valence-electron chi connectivity index (χ3n) is 4.09. The fourth-order valence-corrected chi connectivity index (χ4v) is 3.00. The molecule has 1 aromatic carbocycles. The van der Waals surface area contributed by atoms with Crippen LogP contribution < -0.4 is 10.1 Å². The summed E-state index contributed by atoms with van der Waals surface area (Å²) in [7, 11) is 0. The number of likely N-dealkylation sites (tertiary alicyclic amines) is 1. The van der Waals surface area contributed by atoms with E-state index in [-0.39, 0.29) is 0 Å². The first-order valence-electron chi connectivity index (χ1n) is 8.49. The maximum absolute atomic E-state index is 5.76. The van der Waals surface area contributed by atoms with Gasteiger partial charge in [-0.3, -0.25) is 0 Å². The summed E-state index contributed by atoms with van der Waals surface area (Å²) in [5.41, 5.74) is 0. The van der Waals surface area contributed by atoms with E-state index >= 15 is 0 Å². The fourth-order valence-electron chi connectivity index (χ4n) is 3.00. The Morgan fingerprint density at radius 3 is 2.95 bits per heavy atom. The Labute approximate surface area is 129 Å². The van der Waals surface area contributed by atoms with E-state index in [1.54, 1.807) is 0 Å². The van der Waals surface area contributed by atoms with Crippen molar-refractivity contribution in [2.75, 3.05) is 39.3 Å². The highest BCUT2D eigenvalue weighted by molar-refractivity contribution is 5.20. The smallest absolute Gasteiger partial charge is 0.119 e. The molecule has 1 saturated heterocycles. The summed E-state index contributed by atoms with van der Waals surface area (Å²) in [4.78, 5) is 2.61. The molecule has 3 nitrogen and oxygen atoms in total. The van der Waals surface area contributed by atoms with Gasteiger partial charge in [-0.2, -0.15) is 0 Å². The van der Waals surface area contributed by atoms with Crippen molar-refractivity contribution in [2.24, 2.45) is 5.92 Å². The van der Waals surface area contributed by atoms with Crippen molar-refractivity contribution in [3.63, 3.8) is 0 Å². The van der Waals surface area contributed by atoms with Gasteiger partial charge in [0.1, 0.15) is 5.75 Å². The third-order valence-corrected chi connectivity index (χ3v) is 4.09. The minimum atomic E-state index is 0.819. The van der Waals surface area contributed by atoms with Crippen LogP contribution in [0, 0.1) is 5.92 Å². The average Bonchev–Trinajstić information content (AvgIpc) is 2.53. The highest BCUT2D eigenvalue weighted by Crippen LogP contribution is 2.16. The van der Waals surface area contributed by atoms with E-state index in [4.69, 9.17) is 4.74 Å². The van der Waals surface area contributed by atoms with Gasteiger partial charge in [0, 0.05) is 13.1 Å². The highest BCUT2D eigenvalue weighted by Gasteiger charge is 2.18. The van der Waals surface area contributed by atoms with E-state index in [2.05, 4.69) is 17.1 Å². The van der Waals surface area contributed by atoms with Crippen molar-refractivity contribution in [2.45, 2.75) is 32.6 Å². The van der Waals surface area contributed by atoms with Crippen molar-refractivity contribution < 1.29 is 4.74 Å². The van der Waals surface area contributed by atoms with E-state index < -0.39 is 0 Å². The first-order chi connectivity index (χ1) is 10.4. The molecule has 0 radical (unpaired) electrons. The predicted molar refractivity (Wildman–Crippen MR) is 88.9 cm³/mol.